The maximum atomic E-state index is 13.0. The van der Waals surface area contributed by atoms with Crippen LogP contribution < -0.4 is 16.2 Å². The number of rotatable bonds is 3. The van der Waals surface area contributed by atoms with E-state index in [0.29, 0.717) is 29.2 Å². The Labute approximate surface area is 149 Å². The number of nitrogens with zero attached hydrogens (tertiary/aromatic N) is 5. The fraction of sp³-hybridized carbons (Fsp3) is 0.333. The highest BCUT2D eigenvalue weighted by atomic mass is 16.1. The van der Waals surface area contributed by atoms with Gasteiger partial charge in [-0.1, -0.05) is 18.2 Å². The number of anilines is 1. The van der Waals surface area contributed by atoms with Crippen LogP contribution in [0.15, 0.2) is 35.4 Å². The third-order valence-corrected chi connectivity index (χ3v) is 4.73. The molecule has 3 N–H and O–H groups in total. The van der Waals surface area contributed by atoms with Gasteiger partial charge in [-0.25, -0.2) is 4.98 Å². The first-order chi connectivity index (χ1) is 12.7. The number of fused-ring (bicyclic) bond motifs is 1. The molecular weight excluding hydrogens is 330 g/mol. The smallest absolute Gasteiger partial charge is 0.281 e. The van der Waals surface area contributed by atoms with E-state index >= 15 is 0 Å². The first-order valence-electron chi connectivity index (χ1n) is 8.60. The van der Waals surface area contributed by atoms with Gasteiger partial charge in [0.25, 0.3) is 5.56 Å². The first-order valence-corrected chi connectivity index (χ1v) is 8.60. The number of benzene rings is 1. The van der Waals surface area contributed by atoms with Crippen molar-refractivity contribution >= 4 is 17.1 Å². The van der Waals surface area contributed by atoms with E-state index in [1.807, 2.05) is 23.1 Å². The molecule has 0 radical (unpaired) electrons. The molecule has 1 aromatic carbocycles. The Hall–Kier alpha value is -3.18. The zero-order valence-corrected chi connectivity index (χ0v) is 14.2. The van der Waals surface area contributed by atoms with E-state index in [9.17, 15) is 10.1 Å². The van der Waals surface area contributed by atoms with Gasteiger partial charge >= 0.3 is 0 Å². The van der Waals surface area contributed by atoms with Gasteiger partial charge in [0.05, 0.1) is 24.5 Å². The van der Waals surface area contributed by atoms with Crippen LogP contribution in [0.3, 0.4) is 0 Å². The molecule has 1 aliphatic heterocycles. The molecule has 0 unspecified atom stereocenters. The Balaban J connectivity index is 1.86. The van der Waals surface area contributed by atoms with Crippen molar-refractivity contribution in [3.63, 3.8) is 0 Å². The molecule has 3 heterocycles. The minimum atomic E-state index is -0.200. The van der Waals surface area contributed by atoms with Gasteiger partial charge in [-0.05, 0) is 24.5 Å². The average Bonchev–Trinajstić information content (AvgIpc) is 3.13. The fourth-order valence-electron chi connectivity index (χ4n) is 3.42. The molecule has 1 saturated heterocycles. The van der Waals surface area contributed by atoms with Crippen molar-refractivity contribution in [2.24, 2.45) is 5.73 Å². The number of nitrogens with one attached hydrogen (secondary N) is 1. The lowest BCUT2D eigenvalue weighted by molar-refractivity contribution is 0.491. The lowest BCUT2D eigenvalue weighted by Crippen LogP contribution is -2.45. The monoisotopic (exact) mass is 349 g/mol. The summed E-state index contributed by atoms with van der Waals surface area (Å²) in [6.45, 7) is 1.70. The SMILES string of the molecule is N#Cc1ccccc1Cn1c(N2CCC[C@@H](N)C2)nc2nc[nH]c2c1=O. The second-order valence-corrected chi connectivity index (χ2v) is 6.52. The molecule has 0 bridgehead atoms. The number of aromatic amines is 1. The quantitative estimate of drug-likeness (QED) is 0.727. The normalized spacial score (nSPS) is 17.4. The number of nitriles is 1. The molecule has 26 heavy (non-hydrogen) atoms. The lowest BCUT2D eigenvalue weighted by atomic mass is 10.1. The van der Waals surface area contributed by atoms with Crippen LogP contribution in [0.2, 0.25) is 0 Å². The van der Waals surface area contributed by atoms with Gasteiger partial charge in [-0.15, -0.1) is 0 Å². The third kappa shape index (κ3) is 2.82. The molecule has 3 aromatic rings. The zero-order valence-electron chi connectivity index (χ0n) is 14.2. The summed E-state index contributed by atoms with van der Waals surface area (Å²) in [5.41, 5.74) is 8.01. The largest absolute Gasteiger partial charge is 0.341 e. The van der Waals surface area contributed by atoms with Crippen molar-refractivity contribution < 1.29 is 0 Å². The number of imidazole rings is 1. The molecule has 2 aromatic heterocycles. The first kappa shape index (κ1) is 16.3. The molecule has 1 aliphatic rings. The van der Waals surface area contributed by atoms with E-state index in [4.69, 9.17) is 5.73 Å². The molecule has 1 atom stereocenters. The van der Waals surface area contributed by atoms with E-state index < -0.39 is 0 Å². The Morgan fingerprint density at radius 3 is 3.04 bits per heavy atom. The highest BCUT2D eigenvalue weighted by molar-refractivity contribution is 5.70. The van der Waals surface area contributed by atoms with Crippen molar-refractivity contribution in [1.82, 2.24) is 19.5 Å². The molecule has 0 saturated carbocycles. The van der Waals surface area contributed by atoms with Gasteiger partial charge in [0.2, 0.25) is 5.95 Å². The van der Waals surface area contributed by atoms with E-state index in [-0.39, 0.29) is 18.1 Å². The summed E-state index contributed by atoms with van der Waals surface area (Å²) in [5.74, 6) is 0.553. The fourth-order valence-corrected chi connectivity index (χ4v) is 3.42. The molecule has 0 aliphatic carbocycles. The predicted molar refractivity (Wildman–Crippen MR) is 97.8 cm³/mol. The maximum Gasteiger partial charge on any atom is 0.281 e. The topological polar surface area (TPSA) is 117 Å². The molecule has 8 nitrogen and oxygen atoms in total. The maximum absolute atomic E-state index is 13.0. The van der Waals surface area contributed by atoms with Gasteiger partial charge in [-0.3, -0.25) is 9.36 Å². The highest BCUT2D eigenvalue weighted by Gasteiger charge is 2.23. The Kier molecular flexibility index (Phi) is 4.14. The summed E-state index contributed by atoms with van der Waals surface area (Å²) in [5, 5.41) is 9.36. The van der Waals surface area contributed by atoms with Crippen LogP contribution in [-0.2, 0) is 6.54 Å². The average molecular weight is 349 g/mol. The Morgan fingerprint density at radius 1 is 1.38 bits per heavy atom. The van der Waals surface area contributed by atoms with Crippen LogP contribution >= 0.6 is 0 Å². The van der Waals surface area contributed by atoms with Crippen molar-refractivity contribution in [2.75, 3.05) is 18.0 Å². The van der Waals surface area contributed by atoms with E-state index in [1.165, 1.54) is 6.33 Å². The zero-order chi connectivity index (χ0) is 18.1. The summed E-state index contributed by atoms with van der Waals surface area (Å²) >= 11 is 0. The third-order valence-electron chi connectivity index (χ3n) is 4.73. The minimum Gasteiger partial charge on any atom is -0.341 e. The standard InChI is InChI=1S/C18H19N7O/c19-8-12-4-1-2-5-13(12)9-25-17(26)15-16(22-11-21-15)23-18(25)24-7-3-6-14(20)10-24/h1-2,4-5,11,14H,3,6-7,9-10,20H2,(H,21,22)/t14-/m1/s1. The van der Waals surface area contributed by atoms with E-state index in [0.717, 1.165) is 24.9 Å². The summed E-state index contributed by atoms with van der Waals surface area (Å²) in [4.78, 5) is 26.7. The highest BCUT2D eigenvalue weighted by Crippen LogP contribution is 2.20. The lowest BCUT2D eigenvalue weighted by Gasteiger charge is -2.32. The second-order valence-electron chi connectivity index (χ2n) is 6.52. The van der Waals surface area contributed by atoms with Crippen LogP contribution in [0.25, 0.3) is 11.2 Å². The minimum absolute atomic E-state index is 0.0513. The van der Waals surface area contributed by atoms with Gasteiger partial charge < -0.3 is 15.6 Å². The number of aromatic nitrogens is 4. The summed E-state index contributed by atoms with van der Waals surface area (Å²) in [6, 6.07) is 9.51. The van der Waals surface area contributed by atoms with Crippen molar-refractivity contribution in [1.29, 1.82) is 5.26 Å². The molecular formula is C18H19N7O. The van der Waals surface area contributed by atoms with Crippen LogP contribution in [0, 0.1) is 11.3 Å². The molecule has 132 valence electrons. The molecule has 1 fully saturated rings. The predicted octanol–water partition coefficient (Wildman–Crippen LogP) is 0.967. The van der Waals surface area contributed by atoms with Crippen LogP contribution in [0.4, 0.5) is 5.95 Å². The molecule has 0 spiro atoms. The molecule has 4 rings (SSSR count). The summed E-state index contributed by atoms with van der Waals surface area (Å²) in [6.07, 6.45) is 3.38. The second kappa shape index (κ2) is 6.61. The Morgan fingerprint density at radius 2 is 2.23 bits per heavy atom. The van der Waals surface area contributed by atoms with Gasteiger partial charge in [0.1, 0.15) is 0 Å². The number of hydrogen-bond donors (Lipinski definition) is 2. The van der Waals surface area contributed by atoms with E-state index in [2.05, 4.69) is 21.0 Å². The number of piperidine rings is 1. The van der Waals surface area contributed by atoms with Gasteiger partial charge in [0, 0.05) is 19.1 Å². The molecule has 8 heteroatoms. The summed E-state index contributed by atoms with van der Waals surface area (Å²) in [7, 11) is 0. The van der Waals surface area contributed by atoms with Crippen LogP contribution in [-0.4, -0.2) is 38.7 Å². The Bertz CT molecular complexity index is 1050. The number of H-pyrrole nitrogens is 1. The summed E-state index contributed by atoms with van der Waals surface area (Å²) < 4.78 is 1.61. The molecule has 0 amide bonds. The van der Waals surface area contributed by atoms with Gasteiger partial charge in [0.15, 0.2) is 11.2 Å². The van der Waals surface area contributed by atoms with E-state index in [1.54, 1.807) is 10.6 Å². The van der Waals surface area contributed by atoms with Crippen molar-refractivity contribution in [3.8, 4) is 6.07 Å². The van der Waals surface area contributed by atoms with Gasteiger partial charge in [-0.2, -0.15) is 10.2 Å². The number of hydrogen-bond acceptors (Lipinski definition) is 6. The van der Waals surface area contributed by atoms with Crippen molar-refractivity contribution in [2.45, 2.75) is 25.4 Å². The van der Waals surface area contributed by atoms with Crippen LogP contribution in [0.1, 0.15) is 24.0 Å². The number of nitrogens with two attached hydrogens (primary N) is 1. The van der Waals surface area contributed by atoms with Crippen molar-refractivity contribution in [3.05, 3.63) is 52.1 Å². The van der Waals surface area contributed by atoms with Crippen LogP contribution in [0.5, 0.6) is 0 Å².